The minimum absolute atomic E-state index is 0.0542. The van der Waals surface area contributed by atoms with Gasteiger partial charge in [-0.3, -0.25) is 9.71 Å². The maximum absolute atomic E-state index is 12.4. The second kappa shape index (κ2) is 7.25. The molecule has 6 nitrogen and oxygen atoms in total. The Morgan fingerprint density at radius 1 is 1.12 bits per heavy atom. The van der Waals surface area contributed by atoms with Gasteiger partial charge in [-0.15, -0.1) is 0 Å². The lowest BCUT2D eigenvalue weighted by atomic mass is 10.1. The second-order valence-corrected chi connectivity index (χ2v) is 7.59. The van der Waals surface area contributed by atoms with E-state index < -0.39 is 10.0 Å². The number of ether oxygens (including phenoxy) is 1. The Hall–Kier alpha value is -2.38. The smallest absolute Gasteiger partial charge is 0.262 e. The van der Waals surface area contributed by atoms with Crippen LogP contribution < -0.4 is 14.8 Å². The Bertz CT molecular complexity index is 859. The zero-order valence-corrected chi connectivity index (χ0v) is 15.0. The van der Waals surface area contributed by atoms with Gasteiger partial charge in [-0.2, -0.15) is 0 Å². The molecule has 1 aliphatic heterocycles. The highest BCUT2D eigenvalue weighted by molar-refractivity contribution is 7.90. The summed E-state index contributed by atoms with van der Waals surface area (Å²) >= 11 is 0. The van der Waals surface area contributed by atoms with E-state index in [1.165, 1.54) is 0 Å². The SMILES string of the molecule is COc1ccc([C@H]2CN=C(NS(=O)(=O)c3ccc(C)cc3)CN2)cc1. The summed E-state index contributed by atoms with van der Waals surface area (Å²) in [7, 11) is -1.98. The van der Waals surface area contributed by atoms with Crippen LogP contribution in [0.3, 0.4) is 0 Å². The monoisotopic (exact) mass is 359 g/mol. The van der Waals surface area contributed by atoms with Crippen LogP contribution in [0.15, 0.2) is 58.4 Å². The van der Waals surface area contributed by atoms with Gasteiger partial charge in [0.15, 0.2) is 0 Å². The number of hydrogen-bond donors (Lipinski definition) is 2. The summed E-state index contributed by atoms with van der Waals surface area (Å²) in [4.78, 5) is 4.63. The van der Waals surface area contributed by atoms with E-state index >= 15 is 0 Å². The summed E-state index contributed by atoms with van der Waals surface area (Å²) in [5.41, 5.74) is 2.10. The molecule has 0 aromatic heterocycles. The first-order valence-electron chi connectivity index (χ1n) is 7.98. The molecule has 0 unspecified atom stereocenters. The average Bonchev–Trinajstić information content (AvgIpc) is 2.62. The van der Waals surface area contributed by atoms with Crippen molar-refractivity contribution >= 4 is 15.9 Å². The van der Waals surface area contributed by atoms with Crippen molar-refractivity contribution in [1.29, 1.82) is 0 Å². The van der Waals surface area contributed by atoms with Gasteiger partial charge < -0.3 is 10.1 Å². The maximum atomic E-state index is 12.4. The third-order valence-corrected chi connectivity index (χ3v) is 5.48. The molecule has 0 amide bonds. The number of nitrogens with zero attached hydrogens (tertiary/aromatic N) is 1. The Balaban J connectivity index is 1.67. The van der Waals surface area contributed by atoms with Crippen LogP contribution in [0.2, 0.25) is 0 Å². The molecule has 0 radical (unpaired) electrons. The molecule has 0 fully saturated rings. The number of aryl methyl sites for hydroxylation is 1. The number of sulfonamides is 1. The van der Waals surface area contributed by atoms with E-state index in [9.17, 15) is 8.42 Å². The molecule has 1 atom stereocenters. The number of rotatable bonds is 4. The molecule has 2 aromatic rings. The largest absolute Gasteiger partial charge is 0.497 e. The molecule has 0 saturated carbocycles. The average molecular weight is 359 g/mol. The third-order valence-electron chi connectivity index (χ3n) is 4.08. The van der Waals surface area contributed by atoms with Gasteiger partial charge in [-0.1, -0.05) is 29.8 Å². The summed E-state index contributed by atoms with van der Waals surface area (Å²) in [6, 6.07) is 14.5. The van der Waals surface area contributed by atoms with E-state index in [1.807, 2.05) is 31.2 Å². The van der Waals surface area contributed by atoms with E-state index in [1.54, 1.807) is 31.4 Å². The first kappa shape index (κ1) is 17.4. The fourth-order valence-corrected chi connectivity index (χ4v) is 3.66. The lowest BCUT2D eigenvalue weighted by molar-refractivity contribution is 0.414. The molecule has 0 aliphatic carbocycles. The third kappa shape index (κ3) is 4.18. The van der Waals surface area contributed by atoms with Gasteiger partial charge in [0.1, 0.15) is 11.6 Å². The van der Waals surface area contributed by atoms with Crippen LogP contribution in [0.25, 0.3) is 0 Å². The quantitative estimate of drug-likeness (QED) is 0.875. The lowest BCUT2D eigenvalue weighted by Gasteiger charge is -2.24. The molecule has 2 N–H and O–H groups in total. The molecule has 0 bridgehead atoms. The number of aliphatic imine (C=N–C) groups is 1. The maximum Gasteiger partial charge on any atom is 0.262 e. The fraction of sp³-hybridized carbons (Fsp3) is 0.278. The highest BCUT2D eigenvalue weighted by atomic mass is 32.2. The molecule has 3 rings (SSSR count). The Morgan fingerprint density at radius 3 is 2.36 bits per heavy atom. The van der Waals surface area contributed by atoms with Crippen LogP contribution in [0.5, 0.6) is 5.75 Å². The number of benzene rings is 2. The van der Waals surface area contributed by atoms with Crippen molar-refractivity contribution in [3.05, 3.63) is 59.7 Å². The molecule has 25 heavy (non-hydrogen) atoms. The topological polar surface area (TPSA) is 79.8 Å². The highest BCUT2D eigenvalue weighted by Crippen LogP contribution is 2.19. The van der Waals surface area contributed by atoms with Crippen molar-refractivity contribution in [2.75, 3.05) is 20.2 Å². The zero-order chi connectivity index (χ0) is 17.9. The van der Waals surface area contributed by atoms with Crippen molar-refractivity contribution in [2.45, 2.75) is 17.9 Å². The summed E-state index contributed by atoms with van der Waals surface area (Å²) in [5, 5.41) is 3.31. The minimum atomic E-state index is -3.61. The van der Waals surface area contributed by atoms with Gasteiger partial charge in [0.05, 0.1) is 31.1 Å². The summed E-state index contributed by atoms with van der Waals surface area (Å²) in [6.07, 6.45) is 0. The normalized spacial score (nSPS) is 17.7. The van der Waals surface area contributed by atoms with E-state index in [-0.39, 0.29) is 10.9 Å². The molecule has 1 heterocycles. The number of methoxy groups -OCH3 is 1. The molecule has 2 aromatic carbocycles. The van der Waals surface area contributed by atoms with Gasteiger partial charge in [0, 0.05) is 0 Å². The van der Waals surface area contributed by atoms with Crippen molar-refractivity contribution in [3.63, 3.8) is 0 Å². The molecule has 132 valence electrons. The van der Waals surface area contributed by atoms with E-state index in [2.05, 4.69) is 15.0 Å². The molecule has 7 heteroatoms. The van der Waals surface area contributed by atoms with E-state index in [0.29, 0.717) is 18.9 Å². The van der Waals surface area contributed by atoms with Crippen LogP contribution >= 0.6 is 0 Å². The second-order valence-electron chi connectivity index (χ2n) is 5.91. The van der Waals surface area contributed by atoms with E-state index in [4.69, 9.17) is 4.74 Å². The predicted molar refractivity (Wildman–Crippen MR) is 97.5 cm³/mol. The van der Waals surface area contributed by atoms with Gasteiger partial charge >= 0.3 is 0 Å². The van der Waals surface area contributed by atoms with Gasteiger partial charge in [-0.05, 0) is 36.8 Å². The van der Waals surface area contributed by atoms with Gasteiger partial charge in [0.25, 0.3) is 10.0 Å². The van der Waals surface area contributed by atoms with Crippen molar-refractivity contribution < 1.29 is 13.2 Å². The molecule has 1 aliphatic rings. The Labute approximate surface area is 148 Å². The van der Waals surface area contributed by atoms with Crippen LogP contribution in [-0.4, -0.2) is 34.5 Å². The Morgan fingerprint density at radius 2 is 1.80 bits per heavy atom. The number of hydrogen-bond acceptors (Lipinski definition) is 5. The van der Waals surface area contributed by atoms with Crippen LogP contribution in [0.1, 0.15) is 17.2 Å². The predicted octanol–water partition coefficient (Wildman–Crippen LogP) is 2.02. The van der Waals surface area contributed by atoms with Crippen LogP contribution in [-0.2, 0) is 10.0 Å². The van der Waals surface area contributed by atoms with Crippen molar-refractivity contribution in [1.82, 2.24) is 10.0 Å². The van der Waals surface area contributed by atoms with Crippen molar-refractivity contribution in [2.24, 2.45) is 4.99 Å². The Kier molecular flexibility index (Phi) is 5.06. The van der Waals surface area contributed by atoms with Crippen molar-refractivity contribution in [3.8, 4) is 5.75 Å². The first-order valence-corrected chi connectivity index (χ1v) is 9.46. The zero-order valence-electron chi connectivity index (χ0n) is 14.2. The highest BCUT2D eigenvalue weighted by Gasteiger charge is 2.21. The van der Waals surface area contributed by atoms with E-state index in [0.717, 1.165) is 16.9 Å². The number of amidine groups is 1. The van der Waals surface area contributed by atoms with Gasteiger partial charge in [0.2, 0.25) is 0 Å². The standard InChI is InChI=1S/C18H21N3O3S/c1-13-3-9-16(10-4-13)25(22,23)21-18-12-19-17(11-20-18)14-5-7-15(24-2)8-6-14/h3-10,17,19H,11-12H2,1-2H3,(H,20,21)/t17-/m1/s1. The lowest BCUT2D eigenvalue weighted by Crippen LogP contribution is -2.43. The van der Waals surface area contributed by atoms with Crippen LogP contribution in [0.4, 0.5) is 0 Å². The molecular weight excluding hydrogens is 338 g/mol. The fourth-order valence-electron chi connectivity index (χ4n) is 2.60. The first-order chi connectivity index (χ1) is 12.0. The minimum Gasteiger partial charge on any atom is -0.497 e. The molecule has 0 spiro atoms. The number of nitrogens with one attached hydrogen (secondary N) is 2. The van der Waals surface area contributed by atoms with Crippen LogP contribution in [0, 0.1) is 6.92 Å². The molecular formula is C18H21N3O3S. The molecule has 0 saturated heterocycles. The summed E-state index contributed by atoms with van der Waals surface area (Å²) < 4.78 is 32.5. The summed E-state index contributed by atoms with van der Waals surface area (Å²) in [6.45, 7) is 2.75. The summed E-state index contributed by atoms with van der Waals surface area (Å²) in [5.74, 6) is 1.22. The van der Waals surface area contributed by atoms with Gasteiger partial charge in [-0.25, -0.2) is 8.42 Å².